The molecule has 0 radical (unpaired) electrons. The zero-order chi connectivity index (χ0) is 15.1. The summed E-state index contributed by atoms with van der Waals surface area (Å²) in [6, 6.07) is 9.90. The van der Waals surface area contributed by atoms with E-state index in [0.29, 0.717) is 16.5 Å². The minimum atomic E-state index is 0.627. The molecule has 1 heterocycles. The maximum Gasteiger partial charge on any atom is 0.114 e. The van der Waals surface area contributed by atoms with Crippen molar-refractivity contribution in [1.29, 1.82) is 0 Å². The van der Waals surface area contributed by atoms with Gasteiger partial charge in [-0.15, -0.1) is 0 Å². The molecule has 4 heteroatoms. The third kappa shape index (κ3) is 2.54. The van der Waals surface area contributed by atoms with Gasteiger partial charge in [-0.05, 0) is 48.7 Å². The molecule has 0 spiro atoms. The smallest absolute Gasteiger partial charge is 0.114 e. The van der Waals surface area contributed by atoms with Crippen molar-refractivity contribution in [2.24, 2.45) is 7.05 Å². The summed E-state index contributed by atoms with van der Waals surface area (Å²) in [6.07, 6.45) is 0.627. The Morgan fingerprint density at radius 3 is 2.43 bits per heavy atom. The number of nitrogens with zero attached hydrogens (tertiary/aromatic N) is 2. The van der Waals surface area contributed by atoms with Gasteiger partial charge in [-0.25, -0.2) is 4.98 Å². The molecule has 1 aromatic heterocycles. The molecule has 3 rings (SSSR count). The Morgan fingerprint density at radius 2 is 1.76 bits per heavy atom. The second-order valence-corrected chi connectivity index (χ2v) is 6.23. The van der Waals surface area contributed by atoms with Crippen molar-refractivity contribution in [3.05, 3.63) is 62.9 Å². The number of aromatic nitrogens is 2. The van der Waals surface area contributed by atoms with Crippen LogP contribution in [0, 0.1) is 13.8 Å². The Hall–Kier alpha value is -1.51. The summed E-state index contributed by atoms with van der Waals surface area (Å²) < 4.78 is 2.12. The number of imidazole rings is 1. The van der Waals surface area contributed by atoms with Gasteiger partial charge in [-0.3, -0.25) is 0 Å². The summed E-state index contributed by atoms with van der Waals surface area (Å²) in [5, 5.41) is 1.37. The molecular formula is C17H16Cl2N2. The van der Waals surface area contributed by atoms with Crippen molar-refractivity contribution in [3.8, 4) is 0 Å². The number of rotatable bonds is 2. The summed E-state index contributed by atoms with van der Waals surface area (Å²) in [5.74, 6) is 0.966. The average Bonchev–Trinajstić information content (AvgIpc) is 2.72. The van der Waals surface area contributed by atoms with Crippen LogP contribution in [0.25, 0.3) is 11.0 Å². The molecule has 21 heavy (non-hydrogen) atoms. The molecule has 0 aliphatic rings. The summed E-state index contributed by atoms with van der Waals surface area (Å²) in [6.45, 7) is 4.19. The number of halogens is 2. The second-order valence-electron chi connectivity index (χ2n) is 5.41. The summed E-state index contributed by atoms with van der Waals surface area (Å²) >= 11 is 12.5. The molecule has 0 aliphatic carbocycles. The molecule has 108 valence electrons. The Balaban J connectivity index is 2.14. The minimum absolute atomic E-state index is 0.627. The zero-order valence-electron chi connectivity index (χ0n) is 12.2. The van der Waals surface area contributed by atoms with Crippen LogP contribution in [0.3, 0.4) is 0 Å². The zero-order valence-corrected chi connectivity index (χ0v) is 13.8. The Labute approximate surface area is 134 Å². The molecule has 0 aliphatic heterocycles. The van der Waals surface area contributed by atoms with Crippen LogP contribution in [0.1, 0.15) is 22.5 Å². The monoisotopic (exact) mass is 318 g/mol. The summed E-state index contributed by atoms with van der Waals surface area (Å²) in [7, 11) is 2.04. The first-order chi connectivity index (χ1) is 9.97. The third-order valence-electron chi connectivity index (χ3n) is 3.81. The first kappa shape index (κ1) is 14.4. The van der Waals surface area contributed by atoms with E-state index < -0.39 is 0 Å². The highest BCUT2D eigenvalue weighted by molar-refractivity contribution is 6.36. The summed E-state index contributed by atoms with van der Waals surface area (Å²) in [4.78, 5) is 4.78. The highest BCUT2D eigenvalue weighted by Crippen LogP contribution is 2.28. The van der Waals surface area contributed by atoms with Crippen LogP contribution in [-0.4, -0.2) is 9.55 Å². The van der Waals surface area contributed by atoms with E-state index in [1.54, 1.807) is 0 Å². The molecule has 0 bridgehead atoms. The van der Waals surface area contributed by atoms with Gasteiger partial charge in [0.05, 0.1) is 11.0 Å². The lowest BCUT2D eigenvalue weighted by molar-refractivity contribution is 0.844. The van der Waals surface area contributed by atoms with Crippen LogP contribution >= 0.6 is 23.2 Å². The molecule has 2 nitrogen and oxygen atoms in total. The van der Waals surface area contributed by atoms with E-state index in [9.17, 15) is 0 Å². The fourth-order valence-corrected chi connectivity index (χ4v) is 3.23. The lowest BCUT2D eigenvalue weighted by Gasteiger charge is -2.07. The molecule has 0 saturated heterocycles. The fraction of sp³-hybridized carbons (Fsp3) is 0.235. The number of benzene rings is 2. The number of aryl methyl sites for hydroxylation is 3. The maximum absolute atomic E-state index is 6.27. The first-order valence-electron chi connectivity index (χ1n) is 6.83. The van der Waals surface area contributed by atoms with Crippen LogP contribution in [-0.2, 0) is 13.5 Å². The van der Waals surface area contributed by atoms with Crippen molar-refractivity contribution < 1.29 is 0 Å². The minimum Gasteiger partial charge on any atom is -0.331 e. The predicted octanol–water partition coefficient (Wildman–Crippen LogP) is 5.09. The Kier molecular flexibility index (Phi) is 3.68. The Morgan fingerprint density at radius 1 is 1.10 bits per heavy atom. The lowest BCUT2D eigenvalue weighted by Crippen LogP contribution is -2.00. The van der Waals surface area contributed by atoms with Gasteiger partial charge in [0, 0.05) is 23.5 Å². The van der Waals surface area contributed by atoms with Gasteiger partial charge in [0.25, 0.3) is 0 Å². The predicted molar refractivity (Wildman–Crippen MR) is 89.5 cm³/mol. The highest BCUT2D eigenvalue weighted by Gasteiger charge is 2.14. The van der Waals surface area contributed by atoms with Crippen LogP contribution < -0.4 is 0 Å². The topological polar surface area (TPSA) is 17.8 Å². The van der Waals surface area contributed by atoms with Crippen LogP contribution in [0.2, 0.25) is 10.0 Å². The molecule has 0 unspecified atom stereocenters. The number of hydrogen-bond donors (Lipinski definition) is 0. The molecule has 3 aromatic rings. The average molecular weight is 319 g/mol. The van der Waals surface area contributed by atoms with E-state index in [2.05, 4.69) is 30.5 Å². The molecular weight excluding hydrogens is 303 g/mol. The fourth-order valence-electron chi connectivity index (χ4n) is 2.70. The van der Waals surface area contributed by atoms with Gasteiger partial charge in [0.1, 0.15) is 5.82 Å². The van der Waals surface area contributed by atoms with Gasteiger partial charge in [0.15, 0.2) is 0 Å². The van der Waals surface area contributed by atoms with Crippen molar-refractivity contribution in [2.45, 2.75) is 20.3 Å². The van der Waals surface area contributed by atoms with Crippen molar-refractivity contribution in [2.75, 3.05) is 0 Å². The van der Waals surface area contributed by atoms with E-state index in [0.717, 1.165) is 22.4 Å². The van der Waals surface area contributed by atoms with E-state index >= 15 is 0 Å². The quantitative estimate of drug-likeness (QED) is 0.643. The van der Waals surface area contributed by atoms with Crippen molar-refractivity contribution in [1.82, 2.24) is 9.55 Å². The number of fused-ring (bicyclic) bond motifs is 1. The van der Waals surface area contributed by atoms with Crippen LogP contribution in [0.5, 0.6) is 0 Å². The van der Waals surface area contributed by atoms with E-state index in [-0.39, 0.29) is 0 Å². The molecule has 0 saturated carbocycles. The lowest BCUT2D eigenvalue weighted by atomic mass is 10.1. The highest BCUT2D eigenvalue weighted by atomic mass is 35.5. The van der Waals surface area contributed by atoms with Crippen LogP contribution in [0.4, 0.5) is 0 Å². The van der Waals surface area contributed by atoms with Gasteiger partial charge in [-0.2, -0.15) is 0 Å². The van der Waals surface area contributed by atoms with Gasteiger partial charge < -0.3 is 4.57 Å². The Bertz CT molecular complexity index is 814. The second kappa shape index (κ2) is 5.36. The van der Waals surface area contributed by atoms with Crippen molar-refractivity contribution >= 4 is 34.2 Å². The van der Waals surface area contributed by atoms with E-state index in [1.807, 2.05) is 25.2 Å². The van der Waals surface area contributed by atoms with E-state index in [4.69, 9.17) is 28.2 Å². The van der Waals surface area contributed by atoms with Gasteiger partial charge >= 0.3 is 0 Å². The van der Waals surface area contributed by atoms with Crippen LogP contribution in [0.15, 0.2) is 30.3 Å². The van der Waals surface area contributed by atoms with Crippen molar-refractivity contribution in [3.63, 3.8) is 0 Å². The summed E-state index contributed by atoms with van der Waals surface area (Å²) in [5.41, 5.74) is 5.54. The molecule has 2 aromatic carbocycles. The standard InChI is InChI=1S/C17H16Cl2N2/c1-10-7-11(2)17-15(8-10)21(3)16(20-17)9-12-13(18)5-4-6-14(12)19/h4-8H,9H2,1-3H3. The first-order valence-corrected chi connectivity index (χ1v) is 7.58. The molecule has 0 N–H and O–H groups in total. The van der Waals surface area contributed by atoms with Gasteiger partial charge in [0.2, 0.25) is 0 Å². The van der Waals surface area contributed by atoms with E-state index in [1.165, 1.54) is 11.1 Å². The normalized spacial score (nSPS) is 11.3. The third-order valence-corrected chi connectivity index (χ3v) is 4.52. The molecule has 0 amide bonds. The molecule has 0 atom stereocenters. The SMILES string of the molecule is Cc1cc(C)c2nc(Cc3c(Cl)cccc3Cl)n(C)c2c1. The van der Waals surface area contributed by atoms with Gasteiger partial charge in [-0.1, -0.05) is 35.3 Å². The maximum atomic E-state index is 6.27. The molecule has 0 fully saturated rings. The number of hydrogen-bond acceptors (Lipinski definition) is 1. The largest absolute Gasteiger partial charge is 0.331 e.